The van der Waals surface area contributed by atoms with Gasteiger partial charge < -0.3 is 4.74 Å². The van der Waals surface area contributed by atoms with E-state index < -0.39 is 11.9 Å². The molecule has 0 atom stereocenters. The van der Waals surface area contributed by atoms with Gasteiger partial charge in [0.2, 0.25) is 5.95 Å². The lowest BCUT2D eigenvalue weighted by Crippen LogP contribution is -2.08. The summed E-state index contributed by atoms with van der Waals surface area (Å²) in [6.07, 6.45) is 1.21. The molecule has 0 aliphatic rings. The number of nitriles is 1. The van der Waals surface area contributed by atoms with Crippen LogP contribution in [-0.2, 0) is 16.0 Å². The molecule has 78 valence electrons. The van der Waals surface area contributed by atoms with Crippen molar-refractivity contribution in [3.05, 3.63) is 29.3 Å². The van der Waals surface area contributed by atoms with Crippen molar-refractivity contribution >= 4 is 5.97 Å². The summed E-state index contributed by atoms with van der Waals surface area (Å²) in [6, 6.07) is 2.94. The van der Waals surface area contributed by atoms with Gasteiger partial charge in [0.05, 0.1) is 13.0 Å². The van der Waals surface area contributed by atoms with E-state index in [1.165, 1.54) is 12.3 Å². The van der Waals surface area contributed by atoms with Gasteiger partial charge in [-0.25, -0.2) is 4.98 Å². The molecule has 0 aliphatic heterocycles. The highest BCUT2D eigenvalue weighted by molar-refractivity contribution is 5.72. The average Bonchev–Trinajstić information content (AvgIpc) is 2.21. The number of rotatable bonds is 3. The van der Waals surface area contributed by atoms with Gasteiger partial charge in [-0.3, -0.25) is 4.79 Å². The second kappa shape index (κ2) is 5.05. The molecule has 5 heteroatoms. The van der Waals surface area contributed by atoms with Crippen molar-refractivity contribution in [1.82, 2.24) is 4.98 Å². The quantitative estimate of drug-likeness (QED) is 0.553. The van der Waals surface area contributed by atoms with Gasteiger partial charge in [-0.2, -0.15) is 9.65 Å². The Balaban J connectivity index is 2.80. The molecule has 0 radical (unpaired) electrons. The van der Waals surface area contributed by atoms with Gasteiger partial charge in [0.1, 0.15) is 11.6 Å². The zero-order valence-corrected chi connectivity index (χ0v) is 8.16. The first-order valence-electron chi connectivity index (χ1n) is 4.37. The third-order valence-electron chi connectivity index (χ3n) is 1.67. The summed E-state index contributed by atoms with van der Waals surface area (Å²) in [7, 11) is 0. The fraction of sp³-hybridized carbons (Fsp3) is 0.300. The minimum absolute atomic E-state index is 0.00417. The number of carbonyl (C=O) groups is 1. The molecule has 4 nitrogen and oxygen atoms in total. The molecule has 0 fully saturated rings. The van der Waals surface area contributed by atoms with Crippen molar-refractivity contribution in [2.45, 2.75) is 13.3 Å². The molecule has 15 heavy (non-hydrogen) atoms. The fourth-order valence-electron chi connectivity index (χ4n) is 1.05. The van der Waals surface area contributed by atoms with Gasteiger partial charge in [0.25, 0.3) is 0 Å². The van der Waals surface area contributed by atoms with Crippen LogP contribution in [-0.4, -0.2) is 17.6 Å². The molecule has 1 aromatic rings. The molecule has 0 aliphatic carbocycles. The standard InChI is InChI=1S/C10H9FN2O2/c1-2-15-9(14)4-7-3-8(5-12)10(11)13-6-7/h3,6H,2,4H2,1H3. The van der Waals surface area contributed by atoms with Crippen molar-refractivity contribution in [1.29, 1.82) is 5.26 Å². The zero-order chi connectivity index (χ0) is 11.3. The number of hydrogen-bond donors (Lipinski definition) is 0. The topological polar surface area (TPSA) is 63.0 Å². The molecule has 0 saturated heterocycles. The monoisotopic (exact) mass is 208 g/mol. The van der Waals surface area contributed by atoms with E-state index in [0.717, 1.165) is 0 Å². The highest BCUT2D eigenvalue weighted by Crippen LogP contribution is 2.07. The van der Waals surface area contributed by atoms with Crippen LogP contribution in [0.3, 0.4) is 0 Å². The Hall–Kier alpha value is -1.96. The maximum absolute atomic E-state index is 12.8. The molecular formula is C10H9FN2O2. The van der Waals surface area contributed by atoms with Crippen molar-refractivity contribution in [3.63, 3.8) is 0 Å². The van der Waals surface area contributed by atoms with Gasteiger partial charge in [-0.05, 0) is 18.6 Å². The molecule has 0 N–H and O–H groups in total. The SMILES string of the molecule is CCOC(=O)Cc1cnc(F)c(C#N)c1. The fourth-order valence-corrected chi connectivity index (χ4v) is 1.05. The highest BCUT2D eigenvalue weighted by atomic mass is 19.1. The first-order chi connectivity index (χ1) is 7.17. The van der Waals surface area contributed by atoms with Crippen LogP contribution in [0.15, 0.2) is 12.3 Å². The van der Waals surface area contributed by atoms with Crippen LogP contribution >= 0.6 is 0 Å². The lowest BCUT2D eigenvalue weighted by atomic mass is 10.1. The molecule has 1 rings (SSSR count). The maximum Gasteiger partial charge on any atom is 0.310 e. The molecular weight excluding hydrogens is 199 g/mol. The first-order valence-corrected chi connectivity index (χ1v) is 4.37. The minimum atomic E-state index is -0.829. The first kappa shape index (κ1) is 11.1. The summed E-state index contributed by atoms with van der Waals surface area (Å²) in [5.74, 6) is -1.25. The van der Waals surface area contributed by atoms with Gasteiger partial charge in [-0.1, -0.05) is 0 Å². The van der Waals surface area contributed by atoms with E-state index in [1.807, 2.05) is 0 Å². The number of nitrogens with zero attached hydrogens (tertiary/aromatic N) is 2. The second-order valence-corrected chi connectivity index (χ2v) is 2.78. The number of pyridine rings is 1. The summed E-state index contributed by atoms with van der Waals surface area (Å²) in [4.78, 5) is 14.4. The highest BCUT2D eigenvalue weighted by Gasteiger charge is 2.08. The Kier molecular flexibility index (Phi) is 3.75. The second-order valence-electron chi connectivity index (χ2n) is 2.78. The van der Waals surface area contributed by atoms with Crippen LogP contribution < -0.4 is 0 Å². The zero-order valence-electron chi connectivity index (χ0n) is 8.16. The van der Waals surface area contributed by atoms with E-state index in [9.17, 15) is 9.18 Å². The van der Waals surface area contributed by atoms with E-state index in [2.05, 4.69) is 4.98 Å². The molecule has 0 saturated carbocycles. The third-order valence-corrected chi connectivity index (χ3v) is 1.67. The van der Waals surface area contributed by atoms with E-state index in [0.29, 0.717) is 12.2 Å². The summed E-state index contributed by atoms with van der Waals surface area (Å²) < 4.78 is 17.5. The normalized spacial score (nSPS) is 9.40. The van der Waals surface area contributed by atoms with E-state index in [4.69, 9.17) is 10.00 Å². The summed E-state index contributed by atoms with van der Waals surface area (Å²) in [6.45, 7) is 1.99. The summed E-state index contributed by atoms with van der Waals surface area (Å²) in [5, 5.41) is 8.53. The molecule has 0 spiro atoms. The number of carbonyl (C=O) groups excluding carboxylic acids is 1. The summed E-state index contributed by atoms with van der Waals surface area (Å²) >= 11 is 0. The molecule has 0 aromatic carbocycles. The molecule has 0 bridgehead atoms. The molecule has 0 amide bonds. The van der Waals surface area contributed by atoms with Crippen molar-refractivity contribution in [2.24, 2.45) is 0 Å². The Morgan fingerprint density at radius 2 is 2.47 bits per heavy atom. The van der Waals surface area contributed by atoms with Crippen LogP contribution in [0.25, 0.3) is 0 Å². The van der Waals surface area contributed by atoms with Crippen LogP contribution in [0, 0.1) is 17.3 Å². The molecule has 1 heterocycles. The maximum atomic E-state index is 12.8. The van der Waals surface area contributed by atoms with Crippen molar-refractivity contribution in [2.75, 3.05) is 6.61 Å². The van der Waals surface area contributed by atoms with E-state index >= 15 is 0 Å². The van der Waals surface area contributed by atoms with E-state index in [1.54, 1.807) is 13.0 Å². The smallest absolute Gasteiger partial charge is 0.310 e. The van der Waals surface area contributed by atoms with Crippen LogP contribution in [0.2, 0.25) is 0 Å². The van der Waals surface area contributed by atoms with Crippen LogP contribution in [0.5, 0.6) is 0 Å². The largest absolute Gasteiger partial charge is 0.466 e. The number of aromatic nitrogens is 1. The number of esters is 1. The lowest BCUT2D eigenvalue weighted by Gasteiger charge is -2.01. The lowest BCUT2D eigenvalue weighted by molar-refractivity contribution is -0.142. The van der Waals surface area contributed by atoms with Crippen molar-refractivity contribution in [3.8, 4) is 6.07 Å². The van der Waals surface area contributed by atoms with Crippen LogP contribution in [0.1, 0.15) is 18.1 Å². The predicted molar refractivity (Wildman–Crippen MR) is 49.2 cm³/mol. The Labute approximate surface area is 86.3 Å². The molecule has 1 aromatic heterocycles. The number of hydrogen-bond acceptors (Lipinski definition) is 4. The third kappa shape index (κ3) is 3.02. The Bertz CT molecular complexity index is 412. The van der Waals surface area contributed by atoms with E-state index in [-0.39, 0.29) is 12.0 Å². The van der Waals surface area contributed by atoms with Gasteiger partial charge in [-0.15, -0.1) is 0 Å². The van der Waals surface area contributed by atoms with Gasteiger partial charge in [0.15, 0.2) is 0 Å². The number of halogens is 1. The van der Waals surface area contributed by atoms with Gasteiger partial charge in [0, 0.05) is 6.20 Å². The minimum Gasteiger partial charge on any atom is -0.466 e. The van der Waals surface area contributed by atoms with Crippen molar-refractivity contribution < 1.29 is 13.9 Å². The molecule has 0 unspecified atom stereocenters. The van der Waals surface area contributed by atoms with Gasteiger partial charge >= 0.3 is 5.97 Å². The van der Waals surface area contributed by atoms with Crippen LogP contribution in [0.4, 0.5) is 4.39 Å². The summed E-state index contributed by atoms with van der Waals surface area (Å²) in [5.41, 5.74) is 0.295. The predicted octanol–water partition coefficient (Wildman–Crippen LogP) is 1.20. The Morgan fingerprint density at radius 3 is 3.07 bits per heavy atom. The number of ether oxygens (including phenoxy) is 1. The Morgan fingerprint density at radius 1 is 1.73 bits per heavy atom. The average molecular weight is 208 g/mol.